The van der Waals surface area contributed by atoms with Gasteiger partial charge in [0.05, 0.1) is 10.5 Å². The first-order valence-corrected chi connectivity index (χ1v) is 8.12. The molecule has 0 radical (unpaired) electrons. The first kappa shape index (κ1) is 17.6. The molecule has 0 bridgehead atoms. The highest BCUT2D eigenvalue weighted by Crippen LogP contribution is 2.25. The highest BCUT2D eigenvalue weighted by Gasteiger charge is 2.29. The van der Waals surface area contributed by atoms with E-state index in [0.29, 0.717) is 13.0 Å². The zero-order valence-corrected chi connectivity index (χ0v) is 13.4. The van der Waals surface area contributed by atoms with Crippen LogP contribution >= 0.6 is 0 Å². The topological polar surface area (TPSA) is 74.7 Å². The van der Waals surface area contributed by atoms with Crippen LogP contribution in [0.25, 0.3) is 0 Å². The summed E-state index contributed by atoms with van der Waals surface area (Å²) in [6.07, 6.45) is 0.609. The maximum Gasteiger partial charge on any atom is 0.335 e. The molecule has 0 heterocycles. The van der Waals surface area contributed by atoms with Crippen LogP contribution in [0.4, 0.5) is 4.39 Å². The molecule has 1 aromatic rings. The molecule has 5 nitrogen and oxygen atoms in total. The minimum absolute atomic E-state index is 0.0678. The summed E-state index contributed by atoms with van der Waals surface area (Å²) < 4.78 is 40.4. The Hall–Kier alpha value is -1.47. The zero-order valence-electron chi connectivity index (χ0n) is 12.6. The first-order valence-electron chi connectivity index (χ1n) is 6.68. The van der Waals surface area contributed by atoms with Gasteiger partial charge < -0.3 is 5.11 Å². The van der Waals surface area contributed by atoms with Crippen molar-refractivity contribution in [3.8, 4) is 0 Å². The van der Waals surface area contributed by atoms with Gasteiger partial charge in [-0.1, -0.05) is 6.92 Å². The van der Waals surface area contributed by atoms with Gasteiger partial charge in [-0.05, 0) is 39.3 Å². The maximum absolute atomic E-state index is 13.8. The minimum Gasteiger partial charge on any atom is -0.478 e. The van der Waals surface area contributed by atoms with Crippen molar-refractivity contribution in [2.45, 2.75) is 45.1 Å². The van der Waals surface area contributed by atoms with E-state index in [2.05, 4.69) is 0 Å². The molecule has 7 heteroatoms. The standard InChI is InChI=1S/C14H20FNO4S/c1-5-6-16(9(2)3)21(19,20)13-8-11(14(17)18)7-12(15)10(13)4/h7-9H,5-6H2,1-4H3,(H,17,18). The smallest absolute Gasteiger partial charge is 0.335 e. The van der Waals surface area contributed by atoms with E-state index < -0.39 is 21.8 Å². The first-order chi connectivity index (χ1) is 9.62. The Balaban J connectivity index is 3.53. The summed E-state index contributed by atoms with van der Waals surface area (Å²) in [6, 6.07) is 1.54. The number of carboxylic acids is 1. The van der Waals surface area contributed by atoms with Crippen molar-refractivity contribution in [1.29, 1.82) is 0 Å². The van der Waals surface area contributed by atoms with Gasteiger partial charge in [-0.25, -0.2) is 17.6 Å². The summed E-state index contributed by atoms with van der Waals surface area (Å²) in [5.74, 6) is -2.20. The quantitative estimate of drug-likeness (QED) is 0.875. The highest BCUT2D eigenvalue weighted by atomic mass is 32.2. The van der Waals surface area contributed by atoms with Crippen molar-refractivity contribution in [1.82, 2.24) is 4.31 Å². The molecule has 0 aliphatic rings. The fourth-order valence-electron chi connectivity index (χ4n) is 2.05. The lowest BCUT2D eigenvalue weighted by Crippen LogP contribution is -2.38. The molecule has 0 aliphatic carbocycles. The molecule has 118 valence electrons. The average molecular weight is 317 g/mol. The van der Waals surface area contributed by atoms with Gasteiger partial charge in [0, 0.05) is 18.2 Å². The van der Waals surface area contributed by atoms with Gasteiger partial charge in [-0.2, -0.15) is 4.31 Å². The van der Waals surface area contributed by atoms with Crippen molar-refractivity contribution in [2.75, 3.05) is 6.54 Å². The summed E-state index contributed by atoms with van der Waals surface area (Å²) in [5, 5.41) is 8.97. The minimum atomic E-state index is -3.94. The molecule has 0 aromatic heterocycles. The summed E-state index contributed by atoms with van der Waals surface area (Å²) in [5.41, 5.74) is -0.446. The maximum atomic E-state index is 13.8. The lowest BCUT2D eigenvalue weighted by Gasteiger charge is -2.26. The third kappa shape index (κ3) is 3.59. The normalized spacial score (nSPS) is 12.1. The second-order valence-corrected chi connectivity index (χ2v) is 6.95. The molecule has 0 fully saturated rings. The molecule has 1 rings (SSSR count). The van der Waals surface area contributed by atoms with Gasteiger partial charge in [0.2, 0.25) is 10.0 Å². The third-order valence-corrected chi connectivity index (χ3v) is 5.35. The van der Waals surface area contributed by atoms with Crippen LogP contribution in [0.2, 0.25) is 0 Å². The van der Waals surface area contributed by atoms with Crippen LogP contribution in [0.1, 0.15) is 43.1 Å². The van der Waals surface area contributed by atoms with Gasteiger partial charge in [-0.15, -0.1) is 0 Å². The Morgan fingerprint density at radius 2 is 1.95 bits per heavy atom. The van der Waals surface area contributed by atoms with E-state index in [4.69, 9.17) is 5.11 Å². The van der Waals surface area contributed by atoms with E-state index in [1.165, 1.54) is 11.2 Å². The lowest BCUT2D eigenvalue weighted by molar-refractivity contribution is 0.0696. The molecule has 0 amide bonds. The Morgan fingerprint density at radius 3 is 2.38 bits per heavy atom. The van der Waals surface area contributed by atoms with Crippen molar-refractivity contribution >= 4 is 16.0 Å². The number of hydrogen-bond acceptors (Lipinski definition) is 3. The van der Waals surface area contributed by atoms with Crippen LogP contribution in [-0.2, 0) is 10.0 Å². The van der Waals surface area contributed by atoms with Crippen LogP contribution < -0.4 is 0 Å². The molecular formula is C14H20FNO4S. The largest absolute Gasteiger partial charge is 0.478 e. The predicted octanol–water partition coefficient (Wildman–Crippen LogP) is 2.64. The number of sulfonamides is 1. The number of carbonyl (C=O) groups is 1. The number of carboxylic acid groups (broad SMARTS) is 1. The van der Waals surface area contributed by atoms with Crippen LogP contribution in [0.5, 0.6) is 0 Å². The van der Waals surface area contributed by atoms with E-state index in [9.17, 15) is 17.6 Å². The number of halogens is 1. The van der Waals surface area contributed by atoms with Crippen LogP contribution in [-0.4, -0.2) is 36.4 Å². The van der Waals surface area contributed by atoms with Crippen molar-refractivity contribution in [2.24, 2.45) is 0 Å². The molecule has 0 atom stereocenters. The molecule has 1 aromatic carbocycles. The van der Waals surface area contributed by atoms with Gasteiger partial charge in [0.1, 0.15) is 5.82 Å². The van der Waals surface area contributed by atoms with Gasteiger partial charge in [-0.3, -0.25) is 0 Å². The van der Waals surface area contributed by atoms with Gasteiger partial charge >= 0.3 is 5.97 Å². The number of nitrogens with zero attached hydrogens (tertiary/aromatic N) is 1. The Kier molecular flexibility index (Phi) is 5.47. The zero-order chi connectivity index (χ0) is 16.4. The number of aromatic carboxylic acids is 1. The molecule has 0 spiro atoms. The van der Waals surface area contributed by atoms with Gasteiger partial charge in [0.15, 0.2) is 0 Å². The van der Waals surface area contributed by atoms with E-state index in [1.54, 1.807) is 13.8 Å². The van der Waals surface area contributed by atoms with Crippen LogP contribution in [0, 0.1) is 12.7 Å². The monoisotopic (exact) mass is 317 g/mol. The van der Waals surface area contributed by atoms with E-state index >= 15 is 0 Å². The summed E-state index contributed by atoms with van der Waals surface area (Å²) >= 11 is 0. The van der Waals surface area contributed by atoms with Crippen molar-refractivity contribution in [3.05, 3.63) is 29.1 Å². The lowest BCUT2D eigenvalue weighted by atomic mass is 10.1. The molecule has 0 unspecified atom stereocenters. The van der Waals surface area contributed by atoms with E-state index in [-0.39, 0.29) is 22.1 Å². The van der Waals surface area contributed by atoms with Crippen LogP contribution in [0.15, 0.2) is 17.0 Å². The van der Waals surface area contributed by atoms with Crippen LogP contribution in [0.3, 0.4) is 0 Å². The fraction of sp³-hybridized carbons (Fsp3) is 0.500. The number of hydrogen-bond donors (Lipinski definition) is 1. The predicted molar refractivity (Wildman–Crippen MR) is 77.4 cm³/mol. The Bertz CT molecular complexity index is 641. The molecular weight excluding hydrogens is 297 g/mol. The molecule has 0 saturated carbocycles. The van der Waals surface area contributed by atoms with E-state index in [1.807, 2.05) is 6.92 Å². The molecule has 21 heavy (non-hydrogen) atoms. The molecule has 0 aliphatic heterocycles. The Morgan fingerprint density at radius 1 is 1.38 bits per heavy atom. The molecule has 0 saturated heterocycles. The summed E-state index contributed by atoms with van der Waals surface area (Å²) in [4.78, 5) is 10.7. The summed E-state index contributed by atoms with van der Waals surface area (Å²) in [6.45, 7) is 6.91. The van der Waals surface area contributed by atoms with Crippen molar-refractivity contribution in [3.63, 3.8) is 0 Å². The third-order valence-electron chi connectivity index (χ3n) is 3.15. The second kappa shape index (κ2) is 6.53. The van der Waals surface area contributed by atoms with Gasteiger partial charge in [0.25, 0.3) is 0 Å². The Labute approximate surface area is 124 Å². The fourth-order valence-corrected chi connectivity index (χ4v) is 4.04. The SMILES string of the molecule is CCCN(C(C)C)S(=O)(=O)c1cc(C(=O)O)cc(F)c1C. The van der Waals surface area contributed by atoms with Crippen molar-refractivity contribution < 1.29 is 22.7 Å². The number of rotatable bonds is 6. The average Bonchev–Trinajstić information content (AvgIpc) is 2.37. The molecule has 1 N–H and O–H groups in total. The number of benzene rings is 1. The highest BCUT2D eigenvalue weighted by molar-refractivity contribution is 7.89. The summed E-state index contributed by atoms with van der Waals surface area (Å²) in [7, 11) is -3.94. The second-order valence-electron chi connectivity index (χ2n) is 5.10. The van der Waals surface area contributed by atoms with E-state index in [0.717, 1.165) is 12.1 Å².